The van der Waals surface area contributed by atoms with E-state index in [2.05, 4.69) is 25.4 Å². The third-order valence-corrected chi connectivity index (χ3v) is 4.50. The summed E-state index contributed by atoms with van der Waals surface area (Å²) in [7, 11) is 1.15. The molecule has 2 aromatic carbocycles. The number of rotatable bonds is 5. The molecule has 0 saturated carbocycles. The lowest BCUT2D eigenvalue weighted by Gasteiger charge is -2.07. The number of nitrogens with one attached hydrogen (secondary N) is 1. The highest BCUT2D eigenvalue weighted by Crippen LogP contribution is 2.31. The van der Waals surface area contributed by atoms with Gasteiger partial charge in [0.25, 0.3) is 0 Å². The highest BCUT2D eigenvalue weighted by Gasteiger charge is 2.31. The van der Waals surface area contributed by atoms with Gasteiger partial charge >= 0.3 is 12.1 Å². The van der Waals surface area contributed by atoms with Crippen molar-refractivity contribution in [1.82, 2.24) is 30.2 Å². The number of nitrogens with zero attached hydrogens (tertiary/aromatic N) is 5. The Bertz CT molecular complexity index is 1290. The first-order valence-electron chi connectivity index (χ1n) is 9.17. The number of esters is 1. The van der Waals surface area contributed by atoms with Crippen LogP contribution in [0.1, 0.15) is 11.4 Å². The molecule has 0 aliphatic rings. The number of tetrazole rings is 1. The molecule has 0 radical (unpaired) electrons. The van der Waals surface area contributed by atoms with Gasteiger partial charge in [-0.15, -0.1) is 10.2 Å². The van der Waals surface area contributed by atoms with Gasteiger partial charge in [-0.2, -0.15) is 18.0 Å². The fraction of sp³-hybridized carbons (Fsp3) is 0.150. The molecule has 0 unspecified atom stereocenters. The molecule has 0 fully saturated rings. The number of para-hydroxylation sites is 2. The molecule has 9 nitrogen and oxygen atoms in total. The number of carbonyl (C=O) groups is 1. The van der Waals surface area contributed by atoms with Crippen LogP contribution in [0.25, 0.3) is 28.0 Å². The number of benzene rings is 2. The largest absolute Gasteiger partial charge is 0.509 e. The van der Waals surface area contributed by atoms with Crippen LogP contribution < -0.4 is 0 Å². The molecule has 2 heterocycles. The molecule has 2 aromatic heterocycles. The summed E-state index contributed by atoms with van der Waals surface area (Å²) in [6.07, 6.45) is -4.52. The number of imidazole rings is 1. The van der Waals surface area contributed by atoms with Crippen LogP contribution in [0.2, 0.25) is 0 Å². The van der Waals surface area contributed by atoms with Crippen molar-refractivity contribution in [1.29, 1.82) is 0 Å². The van der Waals surface area contributed by atoms with E-state index in [0.717, 1.165) is 24.0 Å². The Hall–Kier alpha value is -4.22. The van der Waals surface area contributed by atoms with Crippen molar-refractivity contribution in [2.45, 2.75) is 12.7 Å². The fourth-order valence-electron chi connectivity index (χ4n) is 3.00. The number of carbonyl (C=O) groups excluding carboxylic acids is 1. The van der Waals surface area contributed by atoms with Gasteiger partial charge in [-0.3, -0.25) is 0 Å². The predicted molar refractivity (Wildman–Crippen MR) is 106 cm³/mol. The first kappa shape index (κ1) is 21.0. The molecule has 2 N–H and O–H groups in total. The number of H-pyrrole nitrogens is 1. The molecule has 4 rings (SSSR count). The zero-order valence-corrected chi connectivity index (χ0v) is 16.5. The summed E-state index contributed by atoms with van der Waals surface area (Å²) in [5, 5.41) is 22.1. The number of ether oxygens (including phenoxy) is 1. The third-order valence-electron chi connectivity index (χ3n) is 4.50. The summed E-state index contributed by atoms with van der Waals surface area (Å²) in [5.74, 6) is -1.32. The van der Waals surface area contributed by atoms with Gasteiger partial charge in [0.1, 0.15) is 23.7 Å². The Morgan fingerprint density at radius 3 is 2.69 bits per heavy atom. The van der Waals surface area contributed by atoms with E-state index in [9.17, 15) is 23.1 Å². The van der Waals surface area contributed by atoms with Crippen LogP contribution in [0.3, 0.4) is 0 Å². The molecular weight excluding hydrogens is 429 g/mol. The van der Waals surface area contributed by atoms with Gasteiger partial charge in [-0.05, 0) is 29.5 Å². The van der Waals surface area contributed by atoms with E-state index in [-0.39, 0.29) is 22.8 Å². The molecular formula is C20H15F3N6O3. The SMILES string of the molecule is COC(=O)C(=C(O)Cn1nnc(-c2cccc(C(F)(F)F)c2)n1)c1nc2ccccc2[nH]1. The lowest BCUT2D eigenvalue weighted by molar-refractivity contribution is -0.137. The van der Waals surface area contributed by atoms with Gasteiger partial charge in [0, 0.05) is 5.56 Å². The molecule has 4 aromatic rings. The summed E-state index contributed by atoms with van der Waals surface area (Å²) in [4.78, 5) is 20.5. The number of fused-ring (bicyclic) bond motifs is 1. The molecule has 164 valence electrons. The van der Waals surface area contributed by atoms with E-state index in [4.69, 9.17) is 4.74 Å². The first-order valence-corrected chi connectivity index (χ1v) is 9.17. The molecule has 32 heavy (non-hydrogen) atoms. The van der Waals surface area contributed by atoms with E-state index < -0.39 is 30.0 Å². The third kappa shape index (κ3) is 4.15. The first-order chi connectivity index (χ1) is 15.3. The number of halogens is 3. The highest BCUT2D eigenvalue weighted by molar-refractivity contribution is 6.16. The normalized spacial score (nSPS) is 12.6. The number of aromatic amines is 1. The van der Waals surface area contributed by atoms with Crippen molar-refractivity contribution in [2.24, 2.45) is 0 Å². The van der Waals surface area contributed by atoms with Gasteiger partial charge in [0.05, 0.1) is 23.7 Å². The number of aliphatic hydroxyl groups excluding tert-OH is 1. The Morgan fingerprint density at radius 1 is 1.19 bits per heavy atom. The van der Waals surface area contributed by atoms with Crippen LogP contribution in [-0.2, 0) is 22.3 Å². The average Bonchev–Trinajstić information content (AvgIpc) is 3.40. The smallest absolute Gasteiger partial charge is 0.416 e. The van der Waals surface area contributed by atoms with Gasteiger partial charge in [0.15, 0.2) is 0 Å². The molecule has 0 bridgehead atoms. The van der Waals surface area contributed by atoms with Gasteiger partial charge in [0.2, 0.25) is 5.82 Å². The van der Waals surface area contributed by atoms with Crippen molar-refractivity contribution in [3.05, 3.63) is 65.7 Å². The number of hydrogen-bond acceptors (Lipinski definition) is 7. The topological polar surface area (TPSA) is 119 Å². The van der Waals surface area contributed by atoms with Crippen molar-refractivity contribution >= 4 is 22.6 Å². The lowest BCUT2D eigenvalue weighted by Crippen LogP contribution is -2.13. The maximum atomic E-state index is 12.9. The molecule has 0 spiro atoms. The highest BCUT2D eigenvalue weighted by atomic mass is 19.4. The average molecular weight is 444 g/mol. The van der Waals surface area contributed by atoms with Crippen LogP contribution in [0, 0.1) is 0 Å². The van der Waals surface area contributed by atoms with Crippen LogP contribution in [0.5, 0.6) is 0 Å². The number of aromatic nitrogens is 6. The van der Waals surface area contributed by atoms with E-state index in [1.807, 2.05) is 0 Å². The maximum Gasteiger partial charge on any atom is 0.416 e. The van der Waals surface area contributed by atoms with Crippen LogP contribution in [0.15, 0.2) is 54.3 Å². The van der Waals surface area contributed by atoms with Gasteiger partial charge in [-0.25, -0.2) is 9.78 Å². The monoisotopic (exact) mass is 444 g/mol. The zero-order valence-electron chi connectivity index (χ0n) is 16.5. The maximum absolute atomic E-state index is 12.9. The lowest BCUT2D eigenvalue weighted by atomic mass is 10.1. The van der Waals surface area contributed by atoms with E-state index in [1.54, 1.807) is 24.3 Å². The van der Waals surface area contributed by atoms with E-state index in [1.165, 1.54) is 12.1 Å². The number of methoxy groups -OCH3 is 1. The minimum atomic E-state index is -4.52. The van der Waals surface area contributed by atoms with Crippen molar-refractivity contribution < 1.29 is 27.8 Å². The predicted octanol–water partition coefficient (Wildman–Crippen LogP) is 3.38. The minimum Gasteiger partial charge on any atom is -0.509 e. The second kappa shape index (κ2) is 8.13. The van der Waals surface area contributed by atoms with Crippen LogP contribution in [-0.4, -0.2) is 48.4 Å². The Labute approximate surface area is 178 Å². The van der Waals surface area contributed by atoms with Gasteiger partial charge in [-0.1, -0.05) is 24.3 Å². The molecule has 0 atom stereocenters. The number of hydrogen-bond donors (Lipinski definition) is 2. The number of allylic oxidation sites excluding steroid dienone is 1. The second-order valence-corrected chi connectivity index (χ2v) is 6.64. The quantitative estimate of drug-likeness (QED) is 0.275. The summed E-state index contributed by atoms with van der Waals surface area (Å²) >= 11 is 0. The Balaban J connectivity index is 1.66. The van der Waals surface area contributed by atoms with Crippen molar-refractivity contribution in [3.8, 4) is 11.4 Å². The Kier molecular flexibility index (Phi) is 5.34. The standard InChI is InChI=1S/C20H15F3N6O3/c1-32-19(31)16(18-24-13-7-2-3-8-14(13)25-18)15(30)10-29-27-17(26-28-29)11-5-4-6-12(9-11)20(21,22)23/h2-9,30H,10H2,1H3,(H,24,25). The van der Waals surface area contributed by atoms with Crippen LogP contribution >= 0.6 is 0 Å². The zero-order chi connectivity index (χ0) is 22.9. The summed E-state index contributed by atoms with van der Waals surface area (Å²) < 4.78 is 43.6. The number of aliphatic hydroxyl groups is 1. The Morgan fingerprint density at radius 2 is 1.97 bits per heavy atom. The van der Waals surface area contributed by atoms with Crippen molar-refractivity contribution in [3.63, 3.8) is 0 Å². The molecule has 12 heteroatoms. The molecule has 0 aliphatic heterocycles. The van der Waals surface area contributed by atoms with Crippen LogP contribution in [0.4, 0.5) is 13.2 Å². The molecule has 0 aliphatic carbocycles. The molecule has 0 saturated heterocycles. The summed E-state index contributed by atoms with van der Waals surface area (Å²) in [5.41, 5.74) is 0.221. The van der Waals surface area contributed by atoms with Gasteiger partial charge < -0.3 is 14.8 Å². The summed E-state index contributed by atoms with van der Waals surface area (Å²) in [6, 6.07) is 11.5. The summed E-state index contributed by atoms with van der Waals surface area (Å²) in [6.45, 7) is -0.395. The van der Waals surface area contributed by atoms with E-state index >= 15 is 0 Å². The second-order valence-electron chi connectivity index (χ2n) is 6.64. The minimum absolute atomic E-state index is 0.0766. The van der Waals surface area contributed by atoms with E-state index in [0.29, 0.717) is 11.0 Å². The fourth-order valence-corrected chi connectivity index (χ4v) is 3.00. The number of alkyl halides is 3. The van der Waals surface area contributed by atoms with Crippen molar-refractivity contribution in [2.75, 3.05) is 7.11 Å². The molecule has 0 amide bonds.